The van der Waals surface area contributed by atoms with Gasteiger partial charge in [0.05, 0.1) is 12.7 Å². The first-order valence-electron chi connectivity index (χ1n) is 5.34. The summed E-state index contributed by atoms with van der Waals surface area (Å²) in [4.78, 5) is 11.2. The molecule has 0 N–H and O–H groups in total. The maximum absolute atomic E-state index is 11.2. The lowest BCUT2D eigenvalue weighted by Gasteiger charge is -2.22. The van der Waals surface area contributed by atoms with Crippen LogP contribution in [0.3, 0.4) is 0 Å². The van der Waals surface area contributed by atoms with Crippen LogP contribution in [0.2, 0.25) is 0 Å². The monoisotopic (exact) mass is 218 g/mol. The molecule has 0 unspecified atom stereocenters. The predicted octanol–water partition coefficient (Wildman–Crippen LogP) is 2.75. The smallest absolute Gasteiger partial charge is 0.432 e. The van der Waals surface area contributed by atoms with Crippen molar-refractivity contribution in [1.82, 2.24) is 0 Å². The molecule has 0 amide bonds. The first kappa shape index (κ1) is 14.2. The topological polar surface area (TPSA) is 44.8 Å². The van der Waals surface area contributed by atoms with Crippen molar-refractivity contribution in [1.29, 1.82) is 0 Å². The van der Waals surface area contributed by atoms with Gasteiger partial charge in [0, 0.05) is 0 Å². The Labute approximate surface area is 91.9 Å². The third kappa shape index (κ3) is 8.24. The predicted molar refractivity (Wildman–Crippen MR) is 57.9 cm³/mol. The maximum Gasteiger partial charge on any atom is 0.508 e. The van der Waals surface area contributed by atoms with Crippen LogP contribution in [0.4, 0.5) is 4.79 Å². The Morgan fingerprint density at radius 1 is 1.27 bits per heavy atom. The molecule has 0 bridgehead atoms. The van der Waals surface area contributed by atoms with E-state index in [0.717, 1.165) is 6.42 Å². The Morgan fingerprint density at radius 2 is 1.87 bits per heavy atom. The van der Waals surface area contributed by atoms with Crippen molar-refractivity contribution < 1.29 is 19.0 Å². The molecule has 0 radical (unpaired) electrons. The van der Waals surface area contributed by atoms with Crippen LogP contribution in [0, 0.1) is 0 Å². The molecule has 15 heavy (non-hydrogen) atoms. The number of carbonyl (C=O) groups is 1. The van der Waals surface area contributed by atoms with Gasteiger partial charge in [-0.15, -0.1) is 0 Å². The summed E-state index contributed by atoms with van der Waals surface area (Å²) in [5, 5.41) is 0. The number of hydrogen-bond donors (Lipinski definition) is 0. The van der Waals surface area contributed by atoms with Crippen molar-refractivity contribution in [3.63, 3.8) is 0 Å². The van der Waals surface area contributed by atoms with E-state index >= 15 is 0 Å². The molecule has 0 aliphatic carbocycles. The van der Waals surface area contributed by atoms with Crippen LogP contribution in [0.25, 0.3) is 0 Å². The second-order valence-electron chi connectivity index (χ2n) is 4.23. The largest absolute Gasteiger partial charge is 0.508 e. The molecule has 0 atom stereocenters. The third-order valence-corrected chi connectivity index (χ3v) is 1.97. The number of rotatable bonds is 6. The van der Waals surface area contributed by atoms with Gasteiger partial charge in [-0.3, -0.25) is 0 Å². The lowest BCUT2D eigenvalue weighted by Crippen LogP contribution is -2.28. The quantitative estimate of drug-likeness (QED) is 0.508. The number of carbonyl (C=O) groups excluding carboxylic acids is 1. The summed E-state index contributed by atoms with van der Waals surface area (Å²) in [5.74, 6) is 0. The zero-order chi connectivity index (χ0) is 11.9. The fourth-order valence-electron chi connectivity index (χ4n) is 0.736. The molecule has 0 saturated heterocycles. The van der Waals surface area contributed by atoms with Crippen LogP contribution in [-0.2, 0) is 14.2 Å². The summed E-state index contributed by atoms with van der Waals surface area (Å²) in [6, 6.07) is 0. The minimum Gasteiger partial charge on any atom is -0.432 e. The van der Waals surface area contributed by atoms with E-state index in [0.29, 0.717) is 6.61 Å². The van der Waals surface area contributed by atoms with Crippen molar-refractivity contribution in [3.8, 4) is 0 Å². The average Bonchev–Trinajstić information content (AvgIpc) is 2.11. The molecule has 4 nitrogen and oxygen atoms in total. The molecule has 0 fully saturated rings. The number of hydrogen-bond acceptors (Lipinski definition) is 4. The van der Waals surface area contributed by atoms with E-state index in [2.05, 4.69) is 0 Å². The van der Waals surface area contributed by atoms with Gasteiger partial charge in [0.15, 0.2) is 0 Å². The first-order chi connectivity index (χ1) is 6.87. The minimum atomic E-state index is -0.630. The fraction of sp³-hybridized carbons (Fsp3) is 0.909. The Hall–Kier alpha value is -0.770. The zero-order valence-corrected chi connectivity index (χ0v) is 10.3. The lowest BCUT2D eigenvalue weighted by atomic mass is 10.1. The van der Waals surface area contributed by atoms with Crippen molar-refractivity contribution >= 4 is 6.16 Å². The molecule has 90 valence electrons. The van der Waals surface area contributed by atoms with Crippen LogP contribution in [0.15, 0.2) is 0 Å². The minimum absolute atomic E-state index is 0.150. The molecule has 4 heteroatoms. The number of ether oxygens (including phenoxy) is 3. The molecule has 0 spiro atoms. The summed E-state index contributed by atoms with van der Waals surface area (Å²) in [6.45, 7) is 10.1. The van der Waals surface area contributed by atoms with Crippen LogP contribution in [0.1, 0.15) is 41.0 Å². The van der Waals surface area contributed by atoms with Gasteiger partial charge in [-0.1, -0.05) is 6.92 Å². The second-order valence-corrected chi connectivity index (χ2v) is 4.23. The highest BCUT2D eigenvalue weighted by Gasteiger charge is 2.21. The molecule has 0 aliphatic rings. The molecule has 0 heterocycles. The van der Waals surface area contributed by atoms with E-state index in [9.17, 15) is 4.79 Å². The van der Waals surface area contributed by atoms with E-state index in [1.165, 1.54) is 0 Å². The molecule has 0 rings (SSSR count). The first-order valence-corrected chi connectivity index (χ1v) is 5.34. The van der Waals surface area contributed by atoms with E-state index in [1.54, 1.807) is 0 Å². The van der Waals surface area contributed by atoms with Crippen molar-refractivity contribution in [2.75, 3.05) is 13.2 Å². The molecule has 0 aromatic carbocycles. The summed E-state index contributed by atoms with van der Waals surface area (Å²) in [7, 11) is 0. The Morgan fingerprint density at radius 3 is 2.33 bits per heavy atom. The van der Waals surface area contributed by atoms with Gasteiger partial charge < -0.3 is 14.2 Å². The van der Waals surface area contributed by atoms with Gasteiger partial charge >= 0.3 is 6.16 Å². The van der Waals surface area contributed by atoms with Gasteiger partial charge in [0.2, 0.25) is 0 Å². The van der Waals surface area contributed by atoms with Gasteiger partial charge in [0.25, 0.3) is 0 Å². The highest BCUT2D eigenvalue weighted by atomic mass is 16.7. The van der Waals surface area contributed by atoms with Crippen LogP contribution in [0.5, 0.6) is 0 Å². The maximum atomic E-state index is 11.2. The average molecular weight is 218 g/mol. The van der Waals surface area contributed by atoms with Gasteiger partial charge in [-0.05, 0) is 34.1 Å². The van der Waals surface area contributed by atoms with E-state index in [4.69, 9.17) is 14.2 Å². The third-order valence-electron chi connectivity index (χ3n) is 1.97. The molecule has 0 aromatic rings. The van der Waals surface area contributed by atoms with Crippen molar-refractivity contribution in [2.24, 2.45) is 0 Å². The van der Waals surface area contributed by atoms with E-state index < -0.39 is 11.8 Å². The van der Waals surface area contributed by atoms with Gasteiger partial charge in [-0.2, -0.15) is 0 Å². The highest BCUT2D eigenvalue weighted by molar-refractivity contribution is 5.60. The molecular formula is C11H22O4. The van der Waals surface area contributed by atoms with Gasteiger partial charge in [-0.25, -0.2) is 4.79 Å². The van der Waals surface area contributed by atoms with Crippen molar-refractivity contribution in [2.45, 2.75) is 52.7 Å². The molecule has 0 saturated carbocycles. The van der Waals surface area contributed by atoms with E-state index in [1.807, 2.05) is 34.6 Å². The summed E-state index contributed by atoms with van der Waals surface area (Å²) in [6.07, 6.45) is 0.274. The Kier molecular flexibility index (Phi) is 6.32. The standard InChI is InChI=1S/C11H22O4/c1-6-11(4,5)15-10(12)14-8-7-13-9(2)3/h9H,6-8H2,1-5H3. The zero-order valence-electron chi connectivity index (χ0n) is 10.3. The van der Waals surface area contributed by atoms with E-state index in [-0.39, 0.29) is 12.7 Å². The van der Waals surface area contributed by atoms with Crippen molar-refractivity contribution in [3.05, 3.63) is 0 Å². The molecular weight excluding hydrogens is 196 g/mol. The summed E-state index contributed by atoms with van der Waals surface area (Å²) in [5.41, 5.74) is -0.462. The Bertz CT molecular complexity index is 187. The molecule has 0 aromatic heterocycles. The van der Waals surface area contributed by atoms with Crippen LogP contribution >= 0.6 is 0 Å². The molecule has 0 aliphatic heterocycles. The Balaban J connectivity index is 3.58. The lowest BCUT2D eigenvalue weighted by molar-refractivity contribution is -0.0327. The van der Waals surface area contributed by atoms with Crippen LogP contribution < -0.4 is 0 Å². The summed E-state index contributed by atoms with van der Waals surface area (Å²) >= 11 is 0. The SMILES string of the molecule is CCC(C)(C)OC(=O)OCCOC(C)C. The fourth-order valence-corrected chi connectivity index (χ4v) is 0.736. The summed E-state index contributed by atoms with van der Waals surface area (Å²) < 4.78 is 15.1. The highest BCUT2D eigenvalue weighted by Crippen LogP contribution is 2.14. The van der Waals surface area contributed by atoms with Crippen LogP contribution in [-0.4, -0.2) is 31.1 Å². The van der Waals surface area contributed by atoms with Gasteiger partial charge in [0.1, 0.15) is 12.2 Å². The normalized spacial score (nSPS) is 11.6. The second kappa shape index (κ2) is 6.67.